The Morgan fingerprint density at radius 3 is 2.73 bits per heavy atom. The van der Waals surface area contributed by atoms with E-state index in [1.54, 1.807) is 19.2 Å². The molecule has 1 unspecified atom stereocenters. The molecule has 0 aliphatic carbocycles. The SMILES string of the molecule is C/C=C\C(=N/C(O)NC(=O)CCC)NC. The minimum Gasteiger partial charge on any atom is -0.373 e. The molecule has 1 amide bonds. The number of hydrogen-bond acceptors (Lipinski definition) is 3. The standard InChI is InChI=1S/C10H19N3O2/c1-4-6-8(11-3)12-10(15)13-9(14)7-5-2/h4,6,10,15H,5,7H2,1-3H3,(H,11,12)(H,13,14)/b6-4-. The number of hydrogen-bond donors (Lipinski definition) is 3. The summed E-state index contributed by atoms with van der Waals surface area (Å²) < 4.78 is 0. The number of likely N-dealkylation sites (N-methyl/N-ethyl adjacent to an activating group) is 1. The average molecular weight is 213 g/mol. The van der Waals surface area contributed by atoms with Crippen molar-refractivity contribution in [3.8, 4) is 0 Å². The number of aliphatic imine (C=N–C) groups is 1. The van der Waals surface area contributed by atoms with Crippen LogP contribution in [0.1, 0.15) is 26.7 Å². The van der Waals surface area contributed by atoms with Crippen LogP contribution in [0, 0.1) is 0 Å². The van der Waals surface area contributed by atoms with Crippen LogP contribution < -0.4 is 10.6 Å². The van der Waals surface area contributed by atoms with Crippen LogP contribution in [0.4, 0.5) is 0 Å². The fraction of sp³-hybridized carbons (Fsp3) is 0.600. The second-order valence-corrected chi connectivity index (χ2v) is 2.96. The summed E-state index contributed by atoms with van der Waals surface area (Å²) in [6.45, 7) is 3.74. The number of rotatable bonds is 5. The van der Waals surface area contributed by atoms with E-state index in [0.29, 0.717) is 12.3 Å². The smallest absolute Gasteiger partial charge is 0.227 e. The molecule has 5 nitrogen and oxygen atoms in total. The maximum absolute atomic E-state index is 11.1. The second kappa shape index (κ2) is 7.99. The predicted molar refractivity (Wildman–Crippen MR) is 60.4 cm³/mol. The number of aliphatic hydroxyl groups excluding tert-OH is 1. The van der Waals surface area contributed by atoms with Gasteiger partial charge in [0.05, 0.1) is 0 Å². The monoisotopic (exact) mass is 213 g/mol. The van der Waals surface area contributed by atoms with E-state index in [-0.39, 0.29) is 5.91 Å². The van der Waals surface area contributed by atoms with Crippen molar-refractivity contribution in [1.29, 1.82) is 0 Å². The molecular weight excluding hydrogens is 194 g/mol. The van der Waals surface area contributed by atoms with Gasteiger partial charge in [-0.3, -0.25) is 4.79 Å². The van der Waals surface area contributed by atoms with Gasteiger partial charge in [0, 0.05) is 13.5 Å². The van der Waals surface area contributed by atoms with Crippen molar-refractivity contribution < 1.29 is 9.90 Å². The lowest BCUT2D eigenvalue weighted by atomic mass is 10.3. The van der Waals surface area contributed by atoms with Crippen molar-refractivity contribution in [3.05, 3.63) is 12.2 Å². The topological polar surface area (TPSA) is 73.7 Å². The first-order valence-corrected chi connectivity index (χ1v) is 4.99. The number of nitrogens with zero attached hydrogens (tertiary/aromatic N) is 1. The molecule has 15 heavy (non-hydrogen) atoms. The van der Waals surface area contributed by atoms with Gasteiger partial charge in [-0.05, 0) is 19.4 Å². The minimum atomic E-state index is -1.19. The number of aliphatic hydroxyl groups is 1. The van der Waals surface area contributed by atoms with Crippen molar-refractivity contribution >= 4 is 11.7 Å². The third-order valence-corrected chi connectivity index (χ3v) is 1.61. The molecule has 0 aromatic heterocycles. The Hall–Kier alpha value is -1.36. The third-order valence-electron chi connectivity index (χ3n) is 1.61. The quantitative estimate of drug-likeness (QED) is 0.351. The van der Waals surface area contributed by atoms with Gasteiger partial charge in [0.1, 0.15) is 5.84 Å². The van der Waals surface area contributed by atoms with E-state index in [9.17, 15) is 9.90 Å². The zero-order valence-electron chi connectivity index (χ0n) is 9.45. The summed E-state index contributed by atoms with van der Waals surface area (Å²) in [6, 6.07) is 0. The highest BCUT2D eigenvalue weighted by Gasteiger charge is 2.05. The highest BCUT2D eigenvalue weighted by molar-refractivity contribution is 5.92. The predicted octanol–water partition coefficient (Wildman–Crippen LogP) is 0.373. The maximum atomic E-state index is 11.1. The number of amidine groups is 1. The first kappa shape index (κ1) is 13.6. The summed E-state index contributed by atoms with van der Waals surface area (Å²) in [6.07, 6.45) is 3.44. The van der Waals surface area contributed by atoms with Crippen LogP contribution in [0.15, 0.2) is 17.1 Å². The largest absolute Gasteiger partial charge is 0.373 e. The Labute approximate surface area is 90.3 Å². The van der Waals surface area contributed by atoms with Crippen LogP contribution in [0.3, 0.4) is 0 Å². The van der Waals surface area contributed by atoms with Gasteiger partial charge in [-0.2, -0.15) is 0 Å². The molecule has 0 aromatic rings. The van der Waals surface area contributed by atoms with E-state index < -0.39 is 6.35 Å². The Kier molecular flexibility index (Phi) is 7.27. The van der Waals surface area contributed by atoms with Crippen molar-refractivity contribution in [1.82, 2.24) is 10.6 Å². The van der Waals surface area contributed by atoms with Crippen LogP contribution in [-0.4, -0.2) is 30.2 Å². The number of carbonyl (C=O) groups is 1. The lowest BCUT2D eigenvalue weighted by Gasteiger charge is -2.09. The lowest BCUT2D eigenvalue weighted by Crippen LogP contribution is -2.34. The summed E-state index contributed by atoms with van der Waals surface area (Å²) in [5.74, 6) is 0.312. The summed E-state index contributed by atoms with van der Waals surface area (Å²) in [5, 5.41) is 14.5. The van der Waals surface area contributed by atoms with Crippen molar-refractivity contribution in [3.63, 3.8) is 0 Å². The normalized spacial score (nSPS) is 14.0. The Morgan fingerprint density at radius 1 is 1.60 bits per heavy atom. The van der Waals surface area contributed by atoms with Crippen LogP contribution in [0.25, 0.3) is 0 Å². The summed E-state index contributed by atoms with van der Waals surface area (Å²) in [5.41, 5.74) is 0. The Bertz CT molecular complexity index is 249. The second-order valence-electron chi connectivity index (χ2n) is 2.96. The first-order valence-electron chi connectivity index (χ1n) is 4.99. The van der Waals surface area contributed by atoms with Crippen LogP contribution in [0.5, 0.6) is 0 Å². The molecule has 0 saturated heterocycles. The third kappa shape index (κ3) is 6.68. The van der Waals surface area contributed by atoms with Crippen molar-refractivity contribution in [2.45, 2.75) is 33.0 Å². The van der Waals surface area contributed by atoms with E-state index in [1.165, 1.54) is 0 Å². The zero-order valence-corrected chi connectivity index (χ0v) is 9.45. The van der Waals surface area contributed by atoms with Gasteiger partial charge in [-0.25, -0.2) is 4.99 Å². The first-order chi connectivity index (χ1) is 7.13. The van der Waals surface area contributed by atoms with E-state index >= 15 is 0 Å². The maximum Gasteiger partial charge on any atom is 0.227 e. The Balaban J connectivity index is 4.19. The van der Waals surface area contributed by atoms with Gasteiger partial charge >= 0.3 is 0 Å². The Morgan fingerprint density at radius 2 is 2.27 bits per heavy atom. The fourth-order valence-electron chi connectivity index (χ4n) is 0.956. The zero-order chi connectivity index (χ0) is 11.7. The van der Waals surface area contributed by atoms with Gasteiger partial charge in [0.15, 0.2) is 0 Å². The van der Waals surface area contributed by atoms with Gasteiger partial charge in [-0.1, -0.05) is 13.0 Å². The van der Waals surface area contributed by atoms with Gasteiger partial charge in [-0.15, -0.1) is 0 Å². The molecule has 0 heterocycles. The molecule has 1 atom stereocenters. The fourth-order valence-corrected chi connectivity index (χ4v) is 0.956. The van der Waals surface area contributed by atoms with E-state index in [1.807, 2.05) is 13.8 Å². The molecule has 0 aliphatic heterocycles. The summed E-state index contributed by atoms with van der Waals surface area (Å²) >= 11 is 0. The highest BCUT2D eigenvalue weighted by Crippen LogP contribution is 1.89. The summed E-state index contributed by atoms with van der Waals surface area (Å²) in [7, 11) is 1.69. The molecule has 86 valence electrons. The molecule has 0 rings (SSSR count). The minimum absolute atomic E-state index is 0.204. The van der Waals surface area contributed by atoms with Crippen LogP contribution in [-0.2, 0) is 4.79 Å². The number of nitrogens with one attached hydrogen (secondary N) is 2. The van der Waals surface area contributed by atoms with Gasteiger partial charge in [0.25, 0.3) is 0 Å². The van der Waals surface area contributed by atoms with Crippen LogP contribution >= 0.6 is 0 Å². The molecular formula is C10H19N3O2. The highest BCUT2D eigenvalue weighted by atomic mass is 16.3. The lowest BCUT2D eigenvalue weighted by molar-refractivity contribution is -0.123. The molecule has 5 heteroatoms. The molecule has 0 aliphatic rings. The van der Waals surface area contributed by atoms with E-state index in [2.05, 4.69) is 15.6 Å². The molecule has 0 saturated carbocycles. The molecule has 0 bridgehead atoms. The molecule has 0 fully saturated rings. The molecule has 0 radical (unpaired) electrons. The van der Waals surface area contributed by atoms with E-state index in [0.717, 1.165) is 6.42 Å². The molecule has 0 spiro atoms. The van der Waals surface area contributed by atoms with Crippen molar-refractivity contribution in [2.24, 2.45) is 4.99 Å². The van der Waals surface area contributed by atoms with E-state index in [4.69, 9.17) is 0 Å². The number of amides is 1. The van der Waals surface area contributed by atoms with Crippen molar-refractivity contribution in [2.75, 3.05) is 7.05 Å². The van der Waals surface area contributed by atoms with Gasteiger partial charge in [0.2, 0.25) is 12.3 Å². The summed E-state index contributed by atoms with van der Waals surface area (Å²) in [4.78, 5) is 15.0. The molecule has 0 aromatic carbocycles. The van der Waals surface area contributed by atoms with Gasteiger partial charge < -0.3 is 15.7 Å². The average Bonchev–Trinajstić information content (AvgIpc) is 2.17. The molecule has 3 N–H and O–H groups in total. The number of allylic oxidation sites excluding steroid dienone is 1. The van der Waals surface area contributed by atoms with Crippen LogP contribution in [0.2, 0.25) is 0 Å². The number of carbonyl (C=O) groups excluding carboxylic acids is 1.